The topological polar surface area (TPSA) is 40.5 Å². The zero-order chi connectivity index (χ0) is 9.26. The Labute approximate surface area is 76.6 Å². The average Bonchev–Trinajstić information content (AvgIpc) is 2.01. The van der Waals surface area contributed by atoms with E-state index in [0.29, 0.717) is 5.56 Å². The van der Waals surface area contributed by atoms with Gasteiger partial charge in [-0.3, -0.25) is 4.79 Å². The van der Waals surface area contributed by atoms with Crippen molar-refractivity contribution in [2.45, 2.75) is 6.42 Å². The molecule has 1 N–H and O–H groups in total. The van der Waals surface area contributed by atoms with Crippen LogP contribution in [0.15, 0.2) is 24.3 Å². The fourth-order valence-electron chi connectivity index (χ4n) is 1.34. The molecule has 1 aromatic rings. The second kappa shape index (κ2) is 3.09. The molecule has 1 aromatic carbocycles. The maximum Gasteiger partial charge on any atom is 0.257 e. The van der Waals surface area contributed by atoms with Gasteiger partial charge in [-0.2, -0.15) is 0 Å². The Hall–Kier alpha value is -1.51. The van der Waals surface area contributed by atoms with Gasteiger partial charge in [-0.1, -0.05) is 12.1 Å². The molecule has 2 rings (SSSR count). The van der Waals surface area contributed by atoms with Gasteiger partial charge in [-0.15, -0.1) is 0 Å². The average molecular weight is 177 g/mol. The van der Waals surface area contributed by atoms with Gasteiger partial charge in [-0.25, -0.2) is 0 Å². The first-order valence-electron chi connectivity index (χ1n) is 4.36. The molecular formula is C10H11NO2. The summed E-state index contributed by atoms with van der Waals surface area (Å²) < 4.78 is 0. The van der Waals surface area contributed by atoms with Crippen molar-refractivity contribution in [3.05, 3.63) is 29.8 Å². The van der Waals surface area contributed by atoms with Gasteiger partial charge in [-0.05, 0) is 18.6 Å². The maximum absolute atomic E-state index is 11.6. The van der Waals surface area contributed by atoms with Crippen molar-refractivity contribution in [3.63, 3.8) is 0 Å². The highest BCUT2D eigenvalue weighted by Gasteiger charge is 2.23. The second-order valence-electron chi connectivity index (χ2n) is 3.16. The van der Waals surface area contributed by atoms with Crippen LogP contribution in [0.5, 0.6) is 5.75 Å². The van der Waals surface area contributed by atoms with Crippen LogP contribution >= 0.6 is 0 Å². The van der Waals surface area contributed by atoms with Crippen molar-refractivity contribution >= 4 is 5.91 Å². The number of hydrogen-bond acceptors (Lipinski definition) is 2. The molecule has 1 fully saturated rings. The van der Waals surface area contributed by atoms with Crippen LogP contribution in [-0.4, -0.2) is 29.0 Å². The lowest BCUT2D eigenvalue weighted by Gasteiger charge is -2.31. The predicted octanol–water partition coefficient (Wildman–Crippen LogP) is 1.24. The molecule has 0 radical (unpaired) electrons. The van der Waals surface area contributed by atoms with Gasteiger partial charge in [0.25, 0.3) is 5.91 Å². The monoisotopic (exact) mass is 177 g/mol. The predicted molar refractivity (Wildman–Crippen MR) is 48.6 cm³/mol. The molecule has 1 aliphatic rings. The third-order valence-electron chi connectivity index (χ3n) is 2.28. The summed E-state index contributed by atoms with van der Waals surface area (Å²) in [5.74, 6) is 0.00347. The largest absolute Gasteiger partial charge is 0.507 e. The molecule has 0 unspecified atom stereocenters. The molecule has 13 heavy (non-hydrogen) atoms. The summed E-state index contributed by atoms with van der Waals surface area (Å²) in [7, 11) is 0. The van der Waals surface area contributed by atoms with Crippen molar-refractivity contribution in [2.24, 2.45) is 0 Å². The van der Waals surface area contributed by atoms with Crippen LogP contribution in [0.2, 0.25) is 0 Å². The summed E-state index contributed by atoms with van der Waals surface area (Å²) in [6.45, 7) is 1.63. The number of aromatic hydroxyl groups is 1. The lowest BCUT2D eigenvalue weighted by Crippen LogP contribution is -2.42. The van der Waals surface area contributed by atoms with Gasteiger partial charge in [0, 0.05) is 13.1 Å². The lowest BCUT2D eigenvalue weighted by atomic mass is 10.1. The minimum Gasteiger partial charge on any atom is -0.507 e. The molecule has 3 nitrogen and oxygen atoms in total. The highest BCUT2D eigenvalue weighted by molar-refractivity contribution is 5.97. The standard InChI is InChI=1S/C10H11NO2/c12-9-5-2-1-4-8(9)10(13)11-6-3-7-11/h1-2,4-5,12H,3,6-7H2. The fourth-order valence-corrected chi connectivity index (χ4v) is 1.34. The summed E-state index contributed by atoms with van der Waals surface area (Å²) >= 11 is 0. The van der Waals surface area contributed by atoms with E-state index in [2.05, 4.69) is 0 Å². The number of para-hydroxylation sites is 1. The van der Waals surface area contributed by atoms with E-state index in [0.717, 1.165) is 19.5 Å². The Kier molecular flexibility index (Phi) is 1.93. The zero-order valence-electron chi connectivity index (χ0n) is 7.23. The summed E-state index contributed by atoms with van der Waals surface area (Å²) in [5, 5.41) is 9.40. The Morgan fingerprint density at radius 1 is 1.31 bits per heavy atom. The summed E-state index contributed by atoms with van der Waals surface area (Å²) in [6.07, 6.45) is 1.07. The number of phenols is 1. The van der Waals surface area contributed by atoms with Gasteiger partial charge in [0.15, 0.2) is 0 Å². The zero-order valence-corrected chi connectivity index (χ0v) is 7.23. The first-order chi connectivity index (χ1) is 6.29. The van der Waals surface area contributed by atoms with Gasteiger partial charge in [0.1, 0.15) is 5.75 Å². The molecule has 0 spiro atoms. The summed E-state index contributed by atoms with van der Waals surface area (Å²) in [5.41, 5.74) is 0.405. The van der Waals surface area contributed by atoms with Crippen LogP contribution in [0.4, 0.5) is 0 Å². The van der Waals surface area contributed by atoms with Crippen molar-refractivity contribution in [2.75, 3.05) is 13.1 Å². The number of benzene rings is 1. The van der Waals surface area contributed by atoms with Gasteiger partial charge in [0.05, 0.1) is 5.56 Å². The molecule has 0 atom stereocenters. The first kappa shape index (κ1) is 8.10. The van der Waals surface area contributed by atoms with E-state index < -0.39 is 0 Å². The molecule has 3 heteroatoms. The van der Waals surface area contributed by atoms with Gasteiger partial charge < -0.3 is 10.0 Å². The van der Waals surface area contributed by atoms with Gasteiger partial charge in [0.2, 0.25) is 0 Å². The Balaban J connectivity index is 2.24. The van der Waals surface area contributed by atoms with E-state index in [4.69, 9.17) is 0 Å². The van der Waals surface area contributed by atoms with Crippen molar-refractivity contribution in [1.29, 1.82) is 0 Å². The van der Waals surface area contributed by atoms with Crippen LogP contribution in [0.3, 0.4) is 0 Å². The normalized spacial score (nSPS) is 15.2. The fraction of sp³-hybridized carbons (Fsp3) is 0.300. The van der Waals surface area contributed by atoms with Crippen molar-refractivity contribution in [1.82, 2.24) is 4.90 Å². The molecule has 68 valence electrons. The lowest BCUT2D eigenvalue weighted by molar-refractivity contribution is 0.0649. The number of nitrogens with zero attached hydrogens (tertiary/aromatic N) is 1. The minimum atomic E-state index is -0.0654. The first-order valence-corrected chi connectivity index (χ1v) is 4.36. The van der Waals surface area contributed by atoms with Crippen LogP contribution in [-0.2, 0) is 0 Å². The number of hydrogen-bond donors (Lipinski definition) is 1. The van der Waals surface area contributed by atoms with Gasteiger partial charge >= 0.3 is 0 Å². The Morgan fingerprint density at radius 2 is 2.00 bits per heavy atom. The molecule has 1 aliphatic heterocycles. The highest BCUT2D eigenvalue weighted by atomic mass is 16.3. The van der Waals surface area contributed by atoms with E-state index >= 15 is 0 Å². The second-order valence-corrected chi connectivity index (χ2v) is 3.16. The molecule has 0 aromatic heterocycles. The van der Waals surface area contributed by atoms with Crippen molar-refractivity contribution in [3.8, 4) is 5.75 Å². The van der Waals surface area contributed by atoms with Crippen LogP contribution in [0, 0.1) is 0 Å². The molecule has 0 saturated carbocycles. The third-order valence-corrected chi connectivity index (χ3v) is 2.28. The SMILES string of the molecule is O=C(c1ccccc1O)N1CCC1. The van der Waals surface area contributed by atoms with E-state index in [1.165, 1.54) is 6.07 Å². The number of amides is 1. The van der Waals surface area contributed by atoms with Crippen LogP contribution in [0.25, 0.3) is 0 Å². The molecule has 0 aliphatic carbocycles. The maximum atomic E-state index is 11.6. The van der Waals surface area contributed by atoms with E-state index in [1.54, 1.807) is 23.1 Å². The number of phenolic OH excluding ortho intramolecular Hbond substituents is 1. The summed E-state index contributed by atoms with van der Waals surface area (Å²) in [4.78, 5) is 13.3. The molecular weight excluding hydrogens is 166 g/mol. The Morgan fingerprint density at radius 3 is 2.54 bits per heavy atom. The number of likely N-dealkylation sites (tertiary alicyclic amines) is 1. The molecule has 1 amide bonds. The molecule has 0 bridgehead atoms. The number of carbonyl (C=O) groups is 1. The Bertz CT molecular complexity index is 331. The highest BCUT2D eigenvalue weighted by Crippen LogP contribution is 2.20. The quantitative estimate of drug-likeness (QED) is 0.701. The molecule has 1 heterocycles. The third kappa shape index (κ3) is 1.37. The van der Waals surface area contributed by atoms with E-state index in [-0.39, 0.29) is 11.7 Å². The number of rotatable bonds is 1. The minimum absolute atomic E-state index is 0.0654. The smallest absolute Gasteiger partial charge is 0.257 e. The summed E-state index contributed by atoms with van der Waals surface area (Å²) in [6, 6.07) is 6.65. The van der Waals surface area contributed by atoms with Crippen LogP contribution in [0.1, 0.15) is 16.8 Å². The molecule has 1 saturated heterocycles. The van der Waals surface area contributed by atoms with Crippen molar-refractivity contribution < 1.29 is 9.90 Å². The van der Waals surface area contributed by atoms with E-state index in [1.807, 2.05) is 0 Å². The van der Waals surface area contributed by atoms with E-state index in [9.17, 15) is 9.90 Å². The number of carbonyl (C=O) groups excluding carboxylic acids is 1. The van der Waals surface area contributed by atoms with Crippen LogP contribution < -0.4 is 0 Å².